The summed E-state index contributed by atoms with van der Waals surface area (Å²) in [6, 6.07) is 2.83. The Morgan fingerprint density at radius 1 is 1.47 bits per heavy atom. The second-order valence-electron chi connectivity index (χ2n) is 3.26. The van der Waals surface area contributed by atoms with Gasteiger partial charge in [0.1, 0.15) is 5.75 Å². The van der Waals surface area contributed by atoms with Crippen LogP contribution in [0, 0.1) is 6.92 Å². The smallest absolute Gasteiger partial charge is 0.387 e. The molecule has 0 bridgehead atoms. The zero-order valence-corrected chi connectivity index (χ0v) is 10.9. The van der Waals surface area contributed by atoms with Crippen LogP contribution < -0.4 is 4.74 Å². The summed E-state index contributed by atoms with van der Waals surface area (Å²) in [5, 5.41) is 0.434. The summed E-state index contributed by atoms with van der Waals surface area (Å²) in [4.78, 5) is 11.4. The van der Waals surface area contributed by atoms with E-state index in [4.69, 9.17) is 0 Å². The number of esters is 1. The van der Waals surface area contributed by atoms with Crippen LogP contribution in [-0.4, -0.2) is 19.7 Å². The molecule has 94 valence electrons. The normalized spacial score (nSPS) is 10.5. The van der Waals surface area contributed by atoms with Gasteiger partial charge in [-0.15, -0.1) is 0 Å². The first-order chi connectivity index (χ1) is 7.99. The molecule has 0 N–H and O–H groups in total. The van der Waals surface area contributed by atoms with Crippen molar-refractivity contribution in [2.24, 2.45) is 0 Å². The lowest BCUT2D eigenvalue weighted by Crippen LogP contribution is -2.08. The zero-order chi connectivity index (χ0) is 13.0. The molecule has 0 unspecified atom stereocenters. The minimum Gasteiger partial charge on any atom is -0.465 e. The van der Waals surface area contributed by atoms with Crippen molar-refractivity contribution in [2.75, 3.05) is 7.11 Å². The molecule has 0 aliphatic rings. The predicted molar refractivity (Wildman–Crippen MR) is 61.8 cm³/mol. The van der Waals surface area contributed by atoms with E-state index in [1.807, 2.05) is 0 Å². The maximum atomic E-state index is 12.2. The van der Waals surface area contributed by atoms with E-state index < -0.39 is 12.6 Å². The van der Waals surface area contributed by atoms with Gasteiger partial charge in [-0.25, -0.2) is 4.79 Å². The van der Waals surface area contributed by atoms with Gasteiger partial charge in [0.25, 0.3) is 0 Å². The van der Waals surface area contributed by atoms with Gasteiger partial charge < -0.3 is 9.47 Å². The molecule has 0 fully saturated rings. The van der Waals surface area contributed by atoms with Crippen molar-refractivity contribution in [3.05, 3.63) is 28.8 Å². The molecule has 0 aromatic heterocycles. The van der Waals surface area contributed by atoms with Gasteiger partial charge in [-0.1, -0.05) is 15.9 Å². The average Bonchev–Trinajstić information content (AvgIpc) is 2.30. The predicted octanol–water partition coefficient (Wildman–Crippen LogP) is 3.28. The molecule has 1 rings (SSSR count). The van der Waals surface area contributed by atoms with E-state index in [2.05, 4.69) is 25.4 Å². The summed E-state index contributed by atoms with van der Waals surface area (Å²) in [5.41, 5.74) is 1.45. The SMILES string of the molecule is COC(=O)c1cc(CBr)c(C)c(OC(F)F)c1. The number of hydrogen-bond donors (Lipinski definition) is 0. The van der Waals surface area contributed by atoms with E-state index >= 15 is 0 Å². The fourth-order valence-corrected chi connectivity index (χ4v) is 1.92. The summed E-state index contributed by atoms with van der Waals surface area (Å²) in [6.45, 7) is -1.28. The number of carbonyl (C=O) groups excluding carboxylic acids is 1. The molecule has 0 saturated heterocycles. The number of alkyl halides is 3. The standard InChI is InChI=1S/C11H11BrF2O3/c1-6-8(5-12)3-7(10(15)16-2)4-9(6)17-11(13)14/h3-4,11H,5H2,1-2H3. The van der Waals surface area contributed by atoms with E-state index in [1.165, 1.54) is 13.2 Å². The average molecular weight is 309 g/mol. The summed E-state index contributed by atoms with van der Waals surface area (Å²) < 4.78 is 33.3. The molecule has 0 radical (unpaired) electrons. The van der Waals surface area contributed by atoms with Gasteiger partial charge in [0.15, 0.2) is 0 Å². The first-order valence-corrected chi connectivity index (χ1v) is 5.84. The van der Waals surface area contributed by atoms with Crippen LogP contribution in [0.5, 0.6) is 5.75 Å². The highest BCUT2D eigenvalue weighted by Crippen LogP contribution is 2.27. The van der Waals surface area contributed by atoms with E-state index in [0.29, 0.717) is 16.5 Å². The van der Waals surface area contributed by atoms with Crippen LogP contribution in [0.15, 0.2) is 12.1 Å². The minimum atomic E-state index is -2.93. The van der Waals surface area contributed by atoms with Crippen molar-refractivity contribution in [2.45, 2.75) is 18.9 Å². The maximum absolute atomic E-state index is 12.2. The molecule has 0 spiro atoms. The van der Waals surface area contributed by atoms with Gasteiger partial charge in [0, 0.05) is 5.33 Å². The lowest BCUT2D eigenvalue weighted by Gasteiger charge is -2.12. The molecule has 0 atom stereocenters. The van der Waals surface area contributed by atoms with Crippen molar-refractivity contribution in [3.8, 4) is 5.75 Å². The van der Waals surface area contributed by atoms with Crippen molar-refractivity contribution < 1.29 is 23.0 Å². The number of rotatable bonds is 4. The van der Waals surface area contributed by atoms with E-state index in [1.54, 1.807) is 13.0 Å². The van der Waals surface area contributed by atoms with Crippen molar-refractivity contribution in [3.63, 3.8) is 0 Å². The molecular weight excluding hydrogens is 298 g/mol. The van der Waals surface area contributed by atoms with Crippen LogP contribution in [-0.2, 0) is 10.1 Å². The van der Waals surface area contributed by atoms with Crippen LogP contribution in [0.2, 0.25) is 0 Å². The van der Waals surface area contributed by atoms with Crippen molar-refractivity contribution in [1.29, 1.82) is 0 Å². The van der Waals surface area contributed by atoms with Gasteiger partial charge in [0.05, 0.1) is 12.7 Å². The lowest BCUT2D eigenvalue weighted by molar-refractivity contribution is -0.0504. The summed E-state index contributed by atoms with van der Waals surface area (Å²) in [7, 11) is 1.23. The topological polar surface area (TPSA) is 35.5 Å². The summed E-state index contributed by atoms with van der Waals surface area (Å²) >= 11 is 3.22. The van der Waals surface area contributed by atoms with Crippen LogP contribution in [0.1, 0.15) is 21.5 Å². The maximum Gasteiger partial charge on any atom is 0.387 e. The van der Waals surface area contributed by atoms with Crippen LogP contribution in [0.25, 0.3) is 0 Å². The highest BCUT2D eigenvalue weighted by molar-refractivity contribution is 9.08. The summed E-state index contributed by atoms with van der Waals surface area (Å²) in [5.74, 6) is -0.608. The van der Waals surface area contributed by atoms with Crippen LogP contribution >= 0.6 is 15.9 Å². The third kappa shape index (κ3) is 3.39. The zero-order valence-electron chi connectivity index (χ0n) is 9.30. The molecule has 6 heteroatoms. The molecule has 1 aromatic rings. The van der Waals surface area contributed by atoms with Gasteiger partial charge >= 0.3 is 12.6 Å². The Hall–Kier alpha value is -1.17. The minimum absolute atomic E-state index is 0.0163. The molecule has 1 aromatic carbocycles. The number of methoxy groups -OCH3 is 1. The van der Waals surface area contributed by atoms with E-state index in [0.717, 1.165) is 0 Å². The number of halogens is 3. The third-order valence-corrected chi connectivity index (χ3v) is 2.85. The lowest BCUT2D eigenvalue weighted by atomic mass is 10.1. The van der Waals surface area contributed by atoms with Gasteiger partial charge in [0.2, 0.25) is 0 Å². The molecular formula is C11H11BrF2O3. The molecule has 17 heavy (non-hydrogen) atoms. The molecule has 0 heterocycles. The van der Waals surface area contributed by atoms with Crippen LogP contribution in [0.4, 0.5) is 8.78 Å². The third-order valence-electron chi connectivity index (χ3n) is 2.25. The quantitative estimate of drug-likeness (QED) is 0.632. The molecule has 0 amide bonds. The Balaban J connectivity index is 3.23. The number of carbonyl (C=O) groups is 1. The fraction of sp³-hybridized carbons (Fsp3) is 0.364. The Bertz CT molecular complexity index is 421. The van der Waals surface area contributed by atoms with Crippen molar-refractivity contribution in [1.82, 2.24) is 0 Å². The van der Waals surface area contributed by atoms with Gasteiger partial charge in [-0.2, -0.15) is 8.78 Å². The molecule has 3 nitrogen and oxygen atoms in total. The van der Waals surface area contributed by atoms with Gasteiger partial charge in [-0.05, 0) is 30.2 Å². The highest BCUT2D eigenvalue weighted by Gasteiger charge is 2.15. The first kappa shape index (κ1) is 13.9. The largest absolute Gasteiger partial charge is 0.465 e. The van der Waals surface area contributed by atoms with Crippen LogP contribution in [0.3, 0.4) is 0 Å². The first-order valence-electron chi connectivity index (χ1n) is 4.72. The number of ether oxygens (including phenoxy) is 2. The number of hydrogen-bond acceptors (Lipinski definition) is 3. The van der Waals surface area contributed by atoms with E-state index in [-0.39, 0.29) is 11.3 Å². The monoisotopic (exact) mass is 308 g/mol. The Morgan fingerprint density at radius 3 is 2.59 bits per heavy atom. The molecule has 0 saturated carbocycles. The number of benzene rings is 1. The van der Waals surface area contributed by atoms with Gasteiger partial charge in [-0.3, -0.25) is 0 Å². The highest BCUT2D eigenvalue weighted by atomic mass is 79.9. The summed E-state index contributed by atoms with van der Waals surface area (Å²) in [6.07, 6.45) is 0. The second-order valence-corrected chi connectivity index (χ2v) is 3.82. The van der Waals surface area contributed by atoms with Crippen molar-refractivity contribution >= 4 is 21.9 Å². The Morgan fingerprint density at radius 2 is 2.12 bits per heavy atom. The second kappa shape index (κ2) is 5.95. The molecule has 0 aliphatic heterocycles. The molecule has 0 aliphatic carbocycles. The Labute approximate surface area is 106 Å². The van der Waals surface area contributed by atoms with E-state index in [9.17, 15) is 13.6 Å². The fourth-order valence-electron chi connectivity index (χ4n) is 1.34. The Kier molecular flexibility index (Phi) is 4.86.